The fraction of sp³-hybridized carbons (Fsp3) is 0.0213. The SMILES string of the molecule is Cc1c2ccccc2c(-c2ccc3c(c2)oc2c(-c4c5ccccc5c(-c5ccccc5)c5ccccc45)cccc23)c2ccccc12. The summed E-state index contributed by atoms with van der Waals surface area (Å²) in [5, 5.41) is 12.3. The molecule has 0 bridgehead atoms. The van der Waals surface area contributed by atoms with Crippen LogP contribution in [0.25, 0.3) is 98.4 Å². The monoisotopic (exact) mass is 610 g/mol. The van der Waals surface area contributed by atoms with Crippen LogP contribution in [0.5, 0.6) is 0 Å². The first-order valence-corrected chi connectivity index (χ1v) is 16.6. The molecule has 0 N–H and O–H groups in total. The molecule has 224 valence electrons. The first-order chi connectivity index (χ1) is 23.8. The molecule has 0 radical (unpaired) electrons. The highest BCUT2D eigenvalue weighted by atomic mass is 16.3. The van der Waals surface area contributed by atoms with Gasteiger partial charge < -0.3 is 4.42 Å². The Morgan fingerprint density at radius 1 is 0.333 bits per heavy atom. The Kier molecular flexibility index (Phi) is 5.86. The second-order valence-corrected chi connectivity index (χ2v) is 12.8. The second kappa shape index (κ2) is 10.4. The average molecular weight is 611 g/mol. The summed E-state index contributed by atoms with van der Waals surface area (Å²) in [5.41, 5.74) is 10.4. The Balaban J connectivity index is 1.26. The van der Waals surface area contributed by atoms with E-state index in [1.165, 1.54) is 76.5 Å². The van der Waals surface area contributed by atoms with E-state index in [2.05, 4.69) is 171 Å². The van der Waals surface area contributed by atoms with Gasteiger partial charge in [0.25, 0.3) is 0 Å². The average Bonchev–Trinajstić information content (AvgIpc) is 3.53. The highest BCUT2D eigenvalue weighted by Gasteiger charge is 2.21. The van der Waals surface area contributed by atoms with Crippen molar-refractivity contribution in [2.75, 3.05) is 0 Å². The van der Waals surface area contributed by atoms with Gasteiger partial charge in [0.2, 0.25) is 0 Å². The molecule has 9 aromatic carbocycles. The predicted molar refractivity (Wildman–Crippen MR) is 205 cm³/mol. The molecule has 0 atom stereocenters. The summed E-state index contributed by atoms with van der Waals surface area (Å²) in [7, 11) is 0. The third-order valence-corrected chi connectivity index (χ3v) is 10.3. The first kappa shape index (κ1) is 27.0. The number of fused-ring (bicyclic) bond motifs is 7. The van der Waals surface area contributed by atoms with Gasteiger partial charge in [0, 0.05) is 21.9 Å². The maximum absolute atomic E-state index is 6.96. The summed E-state index contributed by atoms with van der Waals surface area (Å²) in [4.78, 5) is 0. The molecule has 10 rings (SSSR count). The van der Waals surface area contributed by atoms with E-state index in [1.54, 1.807) is 0 Å². The summed E-state index contributed by atoms with van der Waals surface area (Å²) in [5.74, 6) is 0. The van der Waals surface area contributed by atoms with Crippen molar-refractivity contribution in [2.24, 2.45) is 0 Å². The van der Waals surface area contributed by atoms with Crippen LogP contribution in [0.4, 0.5) is 0 Å². The molecule has 0 aliphatic heterocycles. The molecule has 0 aliphatic carbocycles. The van der Waals surface area contributed by atoms with Crippen molar-refractivity contribution < 1.29 is 4.42 Å². The Labute approximate surface area is 278 Å². The Bertz CT molecular complexity index is 2780. The molecule has 1 nitrogen and oxygen atoms in total. The molecule has 0 saturated heterocycles. The van der Waals surface area contributed by atoms with Crippen LogP contribution in [0, 0.1) is 6.92 Å². The number of aryl methyl sites for hydroxylation is 1. The van der Waals surface area contributed by atoms with Crippen LogP contribution in [-0.2, 0) is 0 Å². The highest BCUT2D eigenvalue weighted by Crippen LogP contribution is 2.47. The van der Waals surface area contributed by atoms with Gasteiger partial charge in [0.15, 0.2) is 0 Å². The van der Waals surface area contributed by atoms with Gasteiger partial charge in [-0.15, -0.1) is 0 Å². The summed E-state index contributed by atoms with van der Waals surface area (Å²) in [6.07, 6.45) is 0. The predicted octanol–water partition coefficient (Wildman–Crippen LogP) is 13.5. The van der Waals surface area contributed by atoms with Crippen LogP contribution in [0.15, 0.2) is 168 Å². The fourth-order valence-electron chi connectivity index (χ4n) is 8.14. The first-order valence-electron chi connectivity index (χ1n) is 16.6. The zero-order valence-electron chi connectivity index (χ0n) is 26.5. The van der Waals surface area contributed by atoms with E-state index in [1.807, 2.05) is 0 Å². The number of hydrogen-bond acceptors (Lipinski definition) is 1. The van der Waals surface area contributed by atoms with Crippen molar-refractivity contribution in [2.45, 2.75) is 6.92 Å². The summed E-state index contributed by atoms with van der Waals surface area (Å²) < 4.78 is 6.96. The topological polar surface area (TPSA) is 13.1 Å². The lowest BCUT2D eigenvalue weighted by Gasteiger charge is -2.17. The normalized spacial score (nSPS) is 11.9. The molecule has 1 heterocycles. The highest BCUT2D eigenvalue weighted by molar-refractivity contribution is 6.24. The minimum Gasteiger partial charge on any atom is -0.455 e. The minimum atomic E-state index is 0.901. The minimum absolute atomic E-state index is 0.901. The number of furan rings is 1. The van der Waals surface area contributed by atoms with Gasteiger partial charge in [-0.05, 0) is 90.0 Å². The van der Waals surface area contributed by atoms with Crippen LogP contribution in [0.2, 0.25) is 0 Å². The molecule has 0 unspecified atom stereocenters. The van der Waals surface area contributed by atoms with E-state index in [9.17, 15) is 0 Å². The summed E-state index contributed by atoms with van der Waals surface area (Å²) in [6, 6.07) is 59.3. The summed E-state index contributed by atoms with van der Waals surface area (Å²) in [6.45, 7) is 2.23. The van der Waals surface area contributed by atoms with Crippen molar-refractivity contribution in [3.8, 4) is 33.4 Å². The van der Waals surface area contributed by atoms with Gasteiger partial charge in [0.1, 0.15) is 11.2 Å². The lowest BCUT2D eigenvalue weighted by Crippen LogP contribution is -1.90. The molecule has 0 spiro atoms. The second-order valence-electron chi connectivity index (χ2n) is 12.8. The van der Waals surface area contributed by atoms with E-state index in [4.69, 9.17) is 4.42 Å². The van der Waals surface area contributed by atoms with Crippen LogP contribution in [-0.4, -0.2) is 0 Å². The van der Waals surface area contributed by atoms with Crippen molar-refractivity contribution in [3.05, 3.63) is 169 Å². The van der Waals surface area contributed by atoms with Crippen LogP contribution >= 0.6 is 0 Å². The molecule has 1 aromatic heterocycles. The van der Waals surface area contributed by atoms with Crippen molar-refractivity contribution in [3.63, 3.8) is 0 Å². The number of rotatable bonds is 3. The number of para-hydroxylation sites is 1. The Hall–Kier alpha value is -6.18. The zero-order valence-corrected chi connectivity index (χ0v) is 26.5. The fourth-order valence-corrected chi connectivity index (χ4v) is 8.14. The van der Waals surface area contributed by atoms with Crippen molar-refractivity contribution >= 4 is 65.0 Å². The van der Waals surface area contributed by atoms with Gasteiger partial charge in [0.05, 0.1) is 0 Å². The van der Waals surface area contributed by atoms with Crippen molar-refractivity contribution in [1.29, 1.82) is 0 Å². The molecule has 0 amide bonds. The molecule has 48 heavy (non-hydrogen) atoms. The lowest BCUT2D eigenvalue weighted by atomic mass is 9.85. The van der Waals surface area contributed by atoms with Gasteiger partial charge in [-0.3, -0.25) is 0 Å². The Morgan fingerprint density at radius 3 is 1.38 bits per heavy atom. The maximum atomic E-state index is 6.96. The quantitative estimate of drug-likeness (QED) is 0.181. The smallest absolute Gasteiger partial charge is 0.143 e. The number of hydrogen-bond donors (Lipinski definition) is 0. The van der Waals surface area contributed by atoms with Gasteiger partial charge in [-0.1, -0.05) is 152 Å². The molecular formula is C47H30O. The molecular weight excluding hydrogens is 581 g/mol. The van der Waals surface area contributed by atoms with Crippen LogP contribution in [0.3, 0.4) is 0 Å². The molecule has 1 heteroatoms. The zero-order chi connectivity index (χ0) is 31.8. The van der Waals surface area contributed by atoms with Crippen molar-refractivity contribution in [1.82, 2.24) is 0 Å². The van der Waals surface area contributed by atoms with E-state index in [0.717, 1.165) is 27.5 Å². The largest absolute Gasteiger partial charge is 0.455 e. The molecule has 0 aliphatic rings. The summed E-state index contributed by atoms with van der Waals surface area (Å²) >= 11 is 0. The standard InChI is InChI=1S/C47H30O/c1-29-32-16-5-7-18-35(32)45(36-19-8-6-17-33(29)36)31-26-27-34-41-24-13-25-42(47(41)48-43(34)28-31)46-39-22-11-9-20-37(39)44(30-14-3-2-4-15-30)38-21-10-12-23-40(38)46/h2-28H,1H3. The molecule has 10 aromatic rings. The third-order valence-electron chi connectivity index (χ3n) is 10.3. The van der Waals surface area contributed by atoms with E-state index < -0.39 is 0 Å². The van der Waals surface area contributed by atoms with Crippen LogP contribution < -0.4 is 0 Å². The van der Waals surface area contributed by atoms with E-state index in [0.29, 0.717) is 0 Å². The van der Waals surface area contributed by atoms with Gasteiger partial charge >= 0.3 is 0 Å². The maximum Gasteiger partial charge on any atom is 0.143 e. The van der Waals surface area contributed by atoms with Gasteiger partial charge in [-0.25, -0.2) is 0 Å². The van der Waals surface area contributed by atoms with Gasteiger partial charge in [-0.2, -0.15) is 0 Å². The van der Waals surface area contributed by atoms with E-state index in [-0.39, 0.29) is 0 Å². The molecule has 0 fully saturated rings. The van der Waals surface area contributed by atoms with Crippen LogP contribution in [0.1, 0.15) is 5.56 Å². The lowest BCUT2D eigenvalue weighted by molar-refractivity contribution is 0.670. The number of benzene rings is 9. The Morgan fingerprint density at radius 2 is 0.792 bits per heavy atom. The third kappa shape index (κ3) is 3.85. The van der Waals surface area contributed by atoms with E-state index >= 15 is 0 Å². The molecule has 0 saturated carbocycles.